The summed E-state index contributed by atoms with van der Waals surface area (Å²) in [5, 5.41) is 0. The highest BCUT2D eigenvalue weighted by molar-refractivity contribution is 5.67. The molecule has 4 heteroatoms. The molecule has 4 nitrogen and oxygen atoms in total. The average Bonchev–Trinajstić information content (AvgIpc) is 2.02. The lowest BCUT2D eigenvalue weighted by molar-refractivity contribution is 0.0638. The van der Waals surface area contributed by atoms with E-state index in [0.717, 1.165) is 12.8 Å². The molecule has 0 aromatic heterocycles. The van der Waals surface area contributed by atoms with Gasteiger partial charge >= 0.3 is 6.09 Å². The predicted octanol–water partition coefficient (Wildman–Crippen LogP) is 1.34. The fourth-order valence-electron chi connectivity index (χ4n) is 1.48. The molecule has 0 radical (unpaired) electrons. The van der Waals surface area contributed by atoms with Crippen molar-refractivity contribution in [2.45, 2.75) is 45.3 Å². The Balaban J connectivity index is 2.38. The van der Waals surface area contributed by atoms with Gasteiger partial charge in [-0.3, -0.25) is 0 Å². The Morgan fingerprint density at radius 3 is 2.36 bits per heavy atom. The van der Waals surface area contributed by atoms with Crippen LogP contribution in [0.1, 0.15) is 33.6 Å². The Kier molecular flexibility index (Phi) is 3.37. The number of ether oxygens (including phenoxy) is 1. The third-order valence-corrected chi connectivity index (χ3v) is 2.50. The highest BCUT2D eigenvalue weighted by atomic mass is 16.6. The van der Waals surface area contributed by atoms with E-state index in [1.165, 1.54) is 0 Å². The number of hydrogen-bond acceptors (Lipinski definition) is 3. The predicted molar refractivity (Wildman–Crippen MR) is 55.0 cm³/mol. The maximum Gasteiger partial charge on any atom is 0.410 e. The highest BCUT2D eigenvalue weighted by Crippen LogP contribution is 2.19. The molecule has 1 heterocycles. The normalized spacial score (nSPS) is 21.1. The molecule has 0 spiro atoms. The lowest BCUT2D eigenvalue weighted by atomic mass is 9.91. The number of nitrogens with zero attached hydrogens (tertiary/aromatic N) is 1. The van der Waals surface area contributed by atoms with Crippen molar-refractivity contribution >= 4 is 6.09 Å². The van der Waals surface area contributed by atoms with Crippen LogP contribution < -0.4 is 5.73 Å². The summed E-state index contributed by atoms with van der Waals surface area (Å²) >= 11 is 0. The summed E-state index contributed by atoms with van der Waals surface area (Å²) in [5.74, 6) is 0. The molecule has 0 saturated carbocycles. The van der Waals surface area contributed by atoms with E-state index in [4.69, 9.17) is 10.5 Å². The zero-order chi connectivity index (χ0) is 10.8. The molecule has 1 fully saturated rings. The Labute approximate surface area is 85.4 Å². The molecule has 1 saturated heterocycles. The van der Waals surface area contributed by atoms with Gasteiger partial charge in [-0.25, -0.2) is 4.79 Å². The van der Waals surface area contributed by atoms with Crippen molar-refractivity contribution in [2.75, 3.05) is 13.1 Å². The Morgan fingerprint density at radius 2 is 1.93 bits per heavy atom. The minimum Gasteiger partial charge on any atom is -0.447 e. The van der Waals surface area contributed by atoms with Crippen LogP contribution in [0, 0.1) is 0 Å². The highest BCUT2D eigenvalue weighted by Gasteiger charge is 2.29. The van der Waals surface area contributed by atoms with Crippen LogP contribution in [0.15, 0.2) is 0 Å². The zero-order valence-corrected chi connectivity index (χ0v) is 9.25. The summed E-state index contributed by atoms with van der Waals surface area (Å²) < 4.78 is 5.10. The largest absolute Gasteiger partial charge is 0.447 e. The van der Waals surface area contributed by atoms with E-state index in [9.17, 15) is 4.79 Å². The van der Waals surface area contributed by atoms with Gasteiger partial charge in [-0.1, -0.05) is 0 Å². The molecular weight excluding hydrogens is 180 g/mol. The van der Waals surface area contributed by atoms with Gasteiger partial charge in [0.25, 0.3) is 0 Å². The van der Waals surface area contributed by atoms with Gasteiger partial charge in [0.05, 0.1) is 6.10 Å². The number of carbonyl (C=O) groups is 1. The molecule has 1 rings (SSSR count). The molecule has 0 aromatic carbocycles. The maximum atomic E-state index is 11.5. The molecule has 1 amide bonds. The van der Waals surface area contributed by atoms with Crippen LogP contribution in [-0.4, -0.2) is 35.7 Å². The number of likely N-dealkylation sites (tertiary alicyclic amines) is 1. The van der Waals surface area contributed by atoms with Crippen LogP contribution in [0.4, 0.5) is 4.79 Å². The molecule has 0 unspecified atom stereocenters. The van der Waals surface area contributed by atoms with Gasteiger partial charge in [0, 0.05) is 18.6 Å². The van der Waals surface area contributed by atoms with Gasteiger partial charge in [-0.05, 0) is 33.6 Å². The summed E-state index contributed by atoms with van der Waals surface area (Å²) in [5.41, 5.74) is 5.85. The molecule has 0 aromatic rings. The van der Waals surface area contributed by atoms with Crippen molar-refractivity contribution in [1.29, 1.82) is 0 Å². The van der Waals surface area contributed by atoms with E-state index in [2.05, 4.69) is 0 Å². The number of nitrogens with two attached hydrogens (primary N) is 1. The van der Waals surface area contributed by atoms with Gasteiger partial charge < -0.3 is 15.4 Å². The third-order valence-electron chi connectivity index (χ3n) is 2.50. The smallest absolute Gasteiger partial charge is 0.410 e. The minimum atomic E-state index is -0.212. The van der Waals surface area contributed by atoms with Crippen molar-refractivity contribution in [3.8, 4) is 0 Å². The molecule has 1 aliphatic heterocycles. The Bertz CT molecular complexity index is 204. The number of piperidine rings is 1. The van der Waals surface area contributed by atoms with Crippen LogP contribution in [0.25, 0.3) is 0 Å². The van der Waals surface area contributed by atoms with Crippen molar-refractivity contribution in [3.05, 3.63) is 0 Å². The molecule has 14 heavy (non-hydrogen) atoms. The van der Waals surface area contributed by atoms with E-state index in [1.54, 1.807) is 4.90 Å². The van der Waals surface area contributed by atoms with E-state index < -0.39 is 0 Å². The quantitative estimate of drug-likeness (QED) is 0.695. The second-order valence-corrected chi connectivity index (χ2v) is 4.57. The first-order valence-electron chi connectivity index (χ1n) is 5.15. The first-order valence-corrected chi connectivity index (χ1v) is 5.15. The van der Waals surface area contributed by atoms with Gasteiger partial charge in [0.1, 0.15) is 0 Å². The van der Waals surface area contributed by atoms with Gasteiger partial charge in [0.2, 0.25) is 0 Å². The lowest BCUT2D eigenvalue weighted by Crippen LogP contribution is -2.50. The number of hydrogen-bond donors (Lipinski definition) is 1. The molecule has 0 atom stereocenters. The van der Waals surface area contributed by atoms with E-state index in [-0.39, 0.29) is 17.7 Å². The molecule has 0 bridgehead atoms. The number of amides is 1. The maximum absolute atomic E-state index is 11.5. The monoisotopic (exact) mass is 200 g/mol. The zero-order valence-electron chi connectivity index (χ0n) is 9.25. The summed E-state index contributed by atoms with van der Waals surface area (Å²) in [6.07, 6.45) is 1.43. The first-order chi connectivity index (χ1) is 6.41. The van der Waals surface area contributed by atoms with Crippen molar-refractivity contribution in [2.24, 2.45) is 5.73 Å². The summed E-state index contributed by atoms with van der Waals surface area (Å²) in [7, 11) is 0. The van der Waals surface area contributed by atoms with Gasteiger partial charge in [-0.2, -0.15) is 0 Å². The van der Waals surface area contributed by atoms with Crippen molar-refractivity contribution in [3.63, 3.8) is 0 Å². The van der Waals surface area contributed by atoms with Crippen LogP contribution in [0.2, 0.25) is 0 Å². The second-order valence-electron chi connectivity index (χ2n) is 4.57. The summed E-state index contributed by atoms with van der Waals surface area (Å²) in [6.45, 7) is 7.15. The Hall–Kier alpha value is -0.770. The summed E-state index contributed by atoms with van der Waals surface area (Å²) in [6, 6.07) is 0. The van der Waals surface area contributed by atoms with E-state index >= 15 is 0 Å². The average molecular weight is 200 g/mol. The lowest BCUT2D eigenvalue weighted by Gasteiger charge is -2.36. The molecule has 0 aliphatic carbocycles. The molecule has 1 aliphatic rings. The van der Waals surface area contributed by atoms with Crippen molar-refractivity contribution < 1.29 is 9.53 Å². The molecule has 2 N–H and O–H groups in total. The SMILES string of the molecule is CC(C)OC(=O)N1CCC(C)(N)CC1. The minimum absolute atomic E-state index is 0.0475. The van der Waals surface area contributed by atoms with Gasteiger partial charge in [0.15, 0.2) is 0 Å². The first kappa shape index (κ1) is 11.3. The molecule has 82 valence electrons. The summed E-state index contributed by atoms with van der Waals surface area (Å²) in [4.78, 5) is 13.2. The third kappa shape index (κ3) is 3.18. The number of rotatable bonds is 1. The molecular formula is C10H20N2O2. The van der Waals surface area contributed by atoms with Crippen LogP contribution in [-0.2, 0) is 4.74 Å². The Morgan fingerprint density at radius 1 is 1.43 bits per heavy atom. The number of carbonyl (C=O) groups excluding carboxylic acids is 1. The van der Waals surface area contributed by atoms with Crippen molar-refractivity contribution in [1.82, 2.24) is 4.90 Å². The fraction of sp³-hybridized carbons (Fsp3) is 0.900. The second kappa shape index (κ2) is 4.17. The van der Waals surface area contributed by atoms with E-state index in [0.29, 0.717) is 13.1 Å². The topological polar surface area (TPSA) is 55.6 Å². The van der Waals surface area contributed by atoms with Crippen LogP contribution in [0.5, 0.6) is 0 Å². The van der Waals surface area contributed by atoms with Crippen LogP contribution >= 0.6 is 0 Å². The van der Waals surface area contributed by atoms with Crippen LogP contribution in [0.3, 0.4) is 0 Å². The standard InChI is InChI=1S/C10H20N2O2/c1-8(2)14-9(13)12-6-4-10(3,11)5-7-12/h8H,4-7,11H2,1-3H3. The fourth-order valence-corrected chi connectivity index (χ4v) is 1.48. The van der Waals surface area contributed by atoms with Gasteiger partial charge in [-0.15, -0.1) is 0 Å². The van der Waals surface area contributed by atoms with E-state index in [1.807, 2.05) is 20.8 Å².